The maximum atomic E-state index is 10.6. The van der Waals surface area contributed by atoms with E-state index in [-0.39, 0.29) is 17.4 Å². The van der Waals surface area contributed by atoms with Crippen molar-refractivity contribution in [3.8, 4) is 5.75 Å². The van der Waals surface area contributed by atoms with E-state index in [1.807, 2.05) is 22.9 Å². The van der Waals surface area contributed by atoms with Crippen LogP contribution in [0, 0.1) is 0 Å². The standard InChI is InChI=1S/C18H14Cl4N2O.C9H8O4/c19-13-2-1-12(16(21)7-13)10-25-18(9-24-6-5-23-11-24)15-4-3-14(20)8-17(15)22;1-6(10)13-8-5-3-2-4-7(8)9(11)12/h1-8,11,18H,9-10H2;2-5H,1H3,(H,11,12)/t18-;/m0./s1. The van der Waals surface area contributed by atoms with Gasteiger partial charge in [0.2, 0.25) is 0 Å². The Morgan fingerprint density at radius 2 is 1.66 bits per heavy atom. The fraction of sp³-hybridized carbons (Fsp3) is 0.148. The summed E-state index contributed by atoms with van der Waals surface area (Å²) in [5, 5.41) is 11.0. The van der Waals surface area contributed by atoms with E-state index >= 15 is 0 Å². The number of carboxylic acids is 1. The Hall–Kier alpha value is -3.07. The van der Waals surface area contributed by atoms with Crippen LogP contribution >= 0.6 is 46.4 Å². The van der Waals surface area contributed by atoms with Gasteiger partial charge in [0.15, 0.2) is 0 Å². The number of carboxylic acid groups (broad SMARTS) is 1. The van der Waals surface area contributed by atoms with Gasteiger partial charge in [0.1, 0.15) is 17.4 Å². The number of aromatic carboxylic acids is 1. The summed E-state index contributed by atoms with van der Waals surface area (Å²) in [6.07, 6.45) is 5.03. The van der Waals surface area contributed by atoms with Crippen LogP contribution in [0.1, 0.15) is 34.5 Å². The summed E-state index contributed by atoms with van der Waals surface area (Å²) in [5.74, 6) is -1.58. The van der Waals surface area contributed by atoms with Crippen molar-refractivity contribution in [2.75, 3.05) is 0 Å². The van der Waals surface area contributed by atoms with E-state index in [1.165, 1.54) is 19.1 Å². The lowest BCUT2D eigenvalue weighted by molar-refractivity contribution is -0.131. The van der Waals surface area contributed by atoms with Gasteiger partial charge in [-0.15, -0.1) is 0 Å². The van der Waals surface area contributed by atoms with Crippen LogP contribution in [0.5, 0.6) is 5.75 Å². The van der Waals surface area contributed by atoms with E-state index in [1.54, 1.807) is 48.9 Å². The van der Waals surface area contributed by atoms with Crippen LogP contribution in [-0.4, -0.2) is 26.6 Å². The molecule has 1 heterocycles. The zero-order chi connectivity index (χ0) is 27.7. The number of carbonyl (C=O) groups is 2. The Labute approximate surface area is 239 Å². The van der Waals surface area contributed by atoms with Gasteiger partial charge in [0.05, 0.1) is 19.5 Å². The zero-order valence-electron chi connectivity index (χ0n) is 20.0. The molecule has 0 fully saturated rings. The molecule has 11 heteroatoms. The molecule has 0 saturated heterocycles. The highest BCUT2D eigenvalue weighted by atomic mass is 35.5. The molecular weight excluding hydrogens is 574 g/mol. The average Bonchev–Trinajstić information content (AvgIpc) is 3.36. The second kappa shape index (κ2) is 14.2. The molecule has 3 aromatic carbocycles. The molecule has 0 radical (unpaired) electrons. The molecule has 0 aliphatic rings. The number of halogens is 4. The molecule has 4 rings (SSSR count). The first-order valence-corrected chi connectivity index (χ1v) is 12.6. The van der Waals surface area contributed by atoms with Crippen molar-refractivity contribution in [1.82, 2.24) is 9.55 Å². The van der Waals surface area contributed by atoms with Gasteiger partial charge in [-0.05, 0) is 42.0 Å². The minimum absolute atomic E-state index is 0.0160. The number of imidazole rings is 1. The maximum absolute atomic E-state index is 10.6. The summed E-state index contributed by atoms with van der Waals surface area (Å²) >= 11 is 24.5. The highest BCUT2D eigenvalue weighted by Gasteiger charge is 2.18. The van der Waals surface area contributed by atoms with Crippen LogP contribution in [0.25, 0.3) is 0 Å². The molecule has 0 saturated carbocycles. The van der Waals surface area contributed by atoms with Crippen molar-refractivity contribution >= 4 is 58.3 Å². The van der Waals surface area contributed by atoms with Gasteiger partial charge in [0.25, 0.3) is 0 Å². The average molecular weight is 596 g/mol. The highest BCUT2D eigenvalue weighted by Crippen LogP contribution is 2.31. The van der Waals surface area contributed by atoms with Crippen molar-refractivity contribution in [2.45, 2.75) is 26.2 Å². The summed E-state index contributed by atoms with van der Waals surface area (Å²) in [5.41, 5.74) is 1.69. The van der Waals surface area contributed by atoms with Gasteiger partial charge in [0, 0.05) is 45.0 Å². The molecule has 1 N–H and O–H groups in total. The van der Waals surface area contributed by atoms with E-state index in [0.717, 1.165) is 11.1 Å². The highest BCUT2D eigenvalue weighted by molar-refractivity contribution is 6.35. The monoisotopic (exact) mass is 594 g/mol. The predicted molar refractivity (Wildman–Crippen MR) is 147 cm³/mol. The molecule has 4 aromatic rings. The van der Waals surface area contributed by atoms with Gasteiger partial charge >= 0.3 is 11.9 Å². The number of hydrogen-bond acceptors (Lipinski definition) is 5. The second-order valence-electron chi connectivity index (χ2n) is 7.86. The number of esters is 1. The minimum atomic E-state index is -1.11. The summed E-state index contributed by atoms with van der Waals surface area (Å²) < 4.78 is 12.7. The molecule has 1 atom stereocenters. The number of ether oxygens (including phenoxy) is 2. The zero-order valence-corrected chi connectivity index (χ0v) is 23.0. The van der Waals surface area contributed by atoms with Crippen molar-refractivity contribution in [3.05, 3.63) is 116 Å². The van der Waals surface area contributed by atoms with Crippen molar-refractivity contribution in [2.24, 2.45) is 0 Å². The van der Waals surface area contributed by atoms with Gasteiger partial charge in [-0.1, -0.05) is 70.7 Å². The fourth-order valence-corrected chi connectivity index (χ4v) is 4.30. The molecule has 0 amide bonds. The van der Waals surface area contributed by atoms with Gasteiger partial charge in [-0.3, -0.25) is 4.79 Å². The smallest absolute Gasteiger partial charge is 0.339 e. The summed E-state index contributed by atoms with van der Waals surface area (Å²) in [7, 11) is 0. The number of nitrogens with zero attached hydrogens (tertiary/aromatic N) is 2. The van der Waals surface area contributed by atoms with Crippen LogP contribution in [0.4, 0.5) is 0 Å². The van der Waals surface area contributed by atoms with Crippen molar-refractivity contribution in [1.29, 1.82) is 0 Å². The topological polar surface area (TPSA) is 90.7 Å². The maximum Gasteiger partial charge on any atom is 0.339 e. The van der Waals surface area contributed by atoms with E-state index in [0.29, 0.717) is 33.2 Å². The van der Waals surface area contributed by atoms with Crippen molar-refractivity contribution in [3.63, 3.8) is 0 Å². The molecule has 38 heavy (non-hydrogen) atoms. The first-order valence-electron chi connectivity index (χ1n) is 11.1. The molecule has 0 unspecified atom stereocenters. The Balaban J connectivity index is 0.000000260. The lowest BCUT2D eigenvalue weighted by atomic mass is 10.1. The quantitative estimate of drug-likeness (QED) is 0.165. The summed E-state index contributed by atoms with van der Waals surface area (Å²) in [6, 6.07) is 16.7. The number of para-hydroxylation sites is 1. The molecule has 7 nitrogen and oxygen atoms in total. The SMILES string of the molecule is CC(=O)Oc1ccccc1C(=O)O.Clc1ccc(CO[C@@H](Cn2ccnc2)c2ccc(Cl)cc2Cl)c(Cl)c1. The normalized spacial score (nSPS) is 11.3. The van der Waals surface area contributed by atoms with Crippen LogP contribution in [0.3, 0.4) is 0 Å². The van der Waals surface area contributed by atoms with Gasteiger partial charge in [-0.25, -0.2) is 9.78 Å². The molecule has 0 bridgehead atoms. The van der Waals surface area contributed by atoms with Crippen molar-refractivity contribution < 1.29 is 24.2 Å². The van der Waals surface area contributed by atoms with Crippen LogP contribution in [-0.2, 0) is 22.7 Å². The lowest BCUT2D eigenvalue weighted by Crippen LogP contribution is -2.12. The molecule has 198 valence electrons. The number of benzene rings is 3. The fourth-order valence-electron chi connectivity index (χ4n) is 3.31. The molecule has 0 aliphatic carbocycles. The Morgan fingerprint density at radius 1 is 0.974 bits per heavy atom. The third kappa shape index (κ3) is 8.75. The van der Waals surface area contributed by atoms with E-state index in [4.69, 9.17) is 56.2 Å². The summed E-state index contributed by atoms with van der Waals surface area (Å²) in [6.45, 7) is 2.11. The molecule has 0 spiro atoms. The van der Waals surface area contributed by atoms with E-state index in [2.05, 4.69) is 9.72 Å². The predicted octanol–water partition coefficient (Wildman–Crippen LogP) is 7.76. The van der Waals surface area contributed by atoms with Gasteiger partial charge in [-0.2, -0.15) is 0 Å². The number of aromatic nitrogens is 2. The Kier molecular flexibility index (Phi) is 11.0. The third-order valence-electron chi connectivity index (χ3n) is 5.07. The third-order valence-corrected chi connectivity index (χ3v) is 6.22. The van der Waals surface area contributed by atoms with E-state index < -0.39 is 11.9 Å². The number of carbonyl (C=O) groups excluding carboxylic acids is 1. The second-order valence-corrected chi connectivity index (χ2v) is 9.54. The largest absolute Gasteiger partial charge is 0.478 e. The summed E-state index contributed by atoms with van der Waals surface area (Å²) in [4.78, 5) is 25.2. The number of hydrogen-bond donors (Lipinski definition) is 1. The molecular formula is C27H22Cl4N2O5. The lowest BCUT2D eigenvalue weighted by Gasteiger charge is -2.21. The molecule has 0 aliphatic heterocycles. The van der Waals surface area contributed by atoms with Crippen LogP contribution in [0.2, 0.25) is 20.1 Å². The molecule has 1 aromatic heterocycles. The first-order chi connectivity index (χ1) is 18.1. The Morgan fingerprint density at radius 3 is 2.26 bits per heavy atom. The Bertz CT molecular complexity index is 1400. The van der Waals surface area contributed by atoms with Gasteiger partial charge < -0.3 is 19.1 Å². The van der Waals surface area contributed by atoms with Crippen LogP contribution < -0.4 is 4.74 Å². The number of rotatable bonds is 8. The minimum Gasteiger partial charge on any atom is -0.478 e. The van der Waals surface area contributed by atoms with Crippen LogP contribution in [0.15, 0.2) is 79.4 Å². The van der Waals surface area contributed by atoms with E-state index in [9.17, 15) is 9.59 Å². The first kappa shape index (κ1) is 29.5.